The monoisotopic (exact) mass is 281 g/mol. The maximum atomic E-state index is 6.29. The molecule has 3 nitrogen and oxygen atoms in total. The fourth-order valence-electron chi connectivity index (χ4n) is 4.28. The highest BCUT2D eigenvalue weighted by Gasteiger charge is 2.42. The highest BCUT2D eigenvalue weighted by molar-refractivity contribution is 4.95. The zero-order chi connectivity index (χ0) is 14.9. The van der Waals surface area contributed by atoms with Gasteiger partial charge in [0.1, 0.15) is 0 Å². The van der Waals surface area contributed by atoms with E-state index in [0.717, 1.165) is 5.92 Å². The van der Waals surface area contributed by atoms with Crippen LogP contribution in [0, 0.1) is 17.3 Å². The fraction of sp³-hybridized carbons (Fsp3) is 1.00. The van der Waals surface area contributed by atoms with Crippen LogP contribution in [-0.4, -0.2) is 54.6 Å². The van der Waals surface area contributed by atoms with Gasteiger partial charge in [0.2, 0.25) is 0 Å². The highest BCUT2D eigenvalue weighted by Crippen LogP contribution is 2.44. The van der Waals surface area contributed by atoms with Crippen LogP contribution in [0.2, 0.25) is 0 Å². The molecule has 2 fully saturated rings. The summed E-state index contributed by atoms with van der Waals surface area (Å²) in [7, 11) is 0. The summed E-state index contributed by atoms with van der Waals surface area (Å²) < 4.78 is 0. The van der Waals surface area contributed by atoms with E-state index in [9.17, 15) is 0 Å². The lowest BCUT2D eigenvalue weighted by Gasteiger charge is -2.49. The number of rotatable bonds is 3. The first-order chi connectivity index (χ1) is 9.36. The average molecular weight is 281 g/mol. The molecule has 2 N–H and O–H groups in total. The van der Waals surface area contributed by atoms with Crippen LogP contribution in [-0.2, 0) is 0 Å². The minimum Gasteiger partial charge on any atom is -0.327 e. The van der Waals surface area contributed by atoms with Gasteiger partial charge in [0.15, 0.2) is 0 Å². The summed E-state index contributed by atoms with van der Waals surface area (Å²) in [4.78, 5) is 5.30. The van der Waals surface area contributed by atoms with Crippen LogP contribution in [0.5, 0.6) is 0 Å². The van der Waals surface area contributed by atoms with Gasteiger partial charge in [-0.1, -0.05) is 27.7 Å². The average Bonchev–Trinajstić information content (AvgIpc) is 2.40. The first-order valence-electron chi connectivity index (χ1n) is 8.58. The highest BCUT2D eigenvalue weighted by atomic mass is 15.3. The Morgan fingerprint density at radius 1 is 1.15 bits per heavy atom. The standard InChI is InChI=1S/C17H35N3/c1-6-20-10-9-19(11-13(20)2)12-15-7-8-16(18)14(3)17(15,4)5/h13-16H,6-12,18H2,1-5H3. The van der Waals surface area contributed by atoms with Crippen molar-refractivity contribution in [3.05, 3.63) is 0 Å². The van der Waals surface area contributed by atoms with Crippen LogP contribution < -0.4 is 5.73 Å². The van der Waals surface area contributed by atoms with Crippen molar-refractivity contribution in [1.29, 1.82) is 0 Å². The number of hydrogen-bond acceptors (Lipinski definition) is 3. The van der Waals surface area contributed by atoms with E-state index in [1.54, 1.807) is 0 Å². The van der Waals surface area contributed by atoms with Crippen LogP contribution in [0.4, 0.5) is 0 Å². The van der Waals surface area contributed by atoms with E-state index in [2.05, 4.69) is 44.4 Å². The number of piperazine rings is 1. The van der Waals surface area contributed by atoms with E-state index in [0.29, 0.717) is 23.4 Å². The van der Waals surface area contributed by atoms with Gasteiger partial charge in [-0.15, -0.1) is 0 Å². The Kier molecular flexibility index (Phi) is 5.14. The lowest BCUT2D eigenvalue weighted by atomic mass is 9.61. The Morgan fingerprint density at radius 2 is 1.85 bits per heavy atom. The van der Waals surface area contributed by atoms with Gasteiger partial charge in [-0.05, 0) is 43.6 Å². The quantitative estimate of drug-likeness (QED) is 0.862. The Labute approximate surface area is 125 Å². The maximum absolute atomic E-state index is 6.29. The summed E-state index contributed by atoms with van der Waals surface area (Å²) in [5, 5.41) is 0. The van der Waals surface area contributed by atoms with Gasteiger partial charge in [-0.25, -0.2) is 0 Å². The number of likely N-dealkylation sites (N-methyl/N-ethyl adjacent to an activating group) is 1. The first-order valence-corrected chi connectivity index (χ1v) is 8.58. The molecule has 3 heteroatoms. The largest absolute Gasteiger partial charge is 0.327 e. The molecule has 0 aromatic carbocycles. The molecule has 0 bridgehead atoms. The summed E-state index contributed by atoms with van der Waals surface area (Å²) in [6.45, 7) is 18.1. The molecule has 0 amide bonds. The van der Waals surface area contributed by atoms with Gasteiger partial charge in [0.25, 0.3) is 0 Å². The predicted octanol–water partition coefficient (Wildman–Crippen LogP) is 2.41. The molecule has 0 aromatic rings. The van der Waals surface area contributed by atoms with E-state index in [-0.39, 0.29) is 0 Å². The zero-order valence-corrected chi connectivity index (χ0v) is 14.2. The lowest BCUT2D eigenvalue weighted by molar-refractivity contribution is 0.00660. The fourth-order valence-corrected chi connectivity index (χ4v) is 4.28. The molecule has 1 aliphatic heterocycles. The minimum atomic E-state index is 0.378. The first kappa shape index (κ1) is 16.3. The molecule has 2 rings (SSSR count). The van der Waals surface area contributed by atoms with E-state index in [4.69, 9.17) is 5.73 Å². The summed E-state index contributed by atoms with van der Waals surface area (Å²) in [6, 6.07) is 1.11. The van der Waals surface area contributed by atoms with Gasteiger partial charge in [0, 0.05) is 38.3 Å². The summed E-state index contributed by atoms with van der Waals surface area (Å²) >= 11 is 0. The second-order valence-electron chi connectivity index (χ2n) is 7.79. The van der Waals surface area contributed by atoms with Gasteiger partial charge in [0.05, 0.1) is 0 Å². The van der Waals surface area contributed by atoms with Crippen molar-refractivity contribution in [3.63, 3.8) is 0 Å². The molecule has 118 valence electrons. The van der Waals surface area contributed by atoms with E-state index < -0.39 is 0 Å². The third kappa shape index (κ3) is 3.20. The topological polar surface area (TPSA) is 32.5 Å². The molecule has 0 radical (unpaired) electrons. The number of nitrogens with two attached hydrogens (primary N) is 1. The molecular formula is C17H35N3. The number of hydrogen-bond donors (Lipinski definition) is 1. The van der Waals surface area contributed by atoms with Crippen molar-refractivity contribution in [2.24, 2.45) is 23.0 Å². The smallest absolute Gasteiger partial charge is 0.0195 e. The van der Waals surface area contributed by atoms with Gasteiger partial charge in [-0.2, -0.15) is 0 Å². The normalized spacial score (nSPS) is 39.9. The minimum absolute atomic E-state index is 0.378. The van der Waals surface area contributed by atoms with Crippen molar-refractivity contribution in [1.82, 2.24) is 9.80 Å². The van der Waals surface area contributed by atoms with E-state index in [1.165, 1.54) is 45.6 Å². The summed E-state index contributed by atoms with van der Waals surface area (Å²) in [5.41, 5.74) is 6.67. The molecule has 2 aliphatic rings. The molecule has 1 aliphatic carbocycles. The lowest BCUT2D eigenvalue weighted by Crippen LogP contribution is -2.55. The molecule has 1 saturated carbocycles. The van der Waals surface area contributed by atoms with Crippen molar-refractivity contribution in [2.75, 3.05) is 32.7 Å². The van der Waals surface area contributed by atoms with Crippen LogP contribution in [0.15, 0.2) is 0 Å². The molecule has 0 spiro atoms. The summed E-state index contributed by atoms with van der Waals surface area (Å²) in [6.07, 6.45) is 2.51. The van der Waals surface area contributed by atoms with E-state index >= 15 is 0 Å². The Bertz CT molecular complexity index is 315. The van der Waals surface area contributed by atoms with Crippen molar-refractivity contribution in [3.8, 4) is 0 Å². The maximum Gasteiger partial charge on any atom is 0.0195 e. The molecular weight excluding hydrogens is 246 g/mol. The molecule has 20 heavy (non-hydrogen) atoms. The molecule has 1 saturated heterocycles. The van der Waals surface area contributed by atoms with Gasteiger partial charge >= 0.3 is 0 Å². The van der Waals surface area contributed by atoms with Crippen molar-refractivity contribution in [2.45, 2.75) is 59.5 Å². The van der Waals surface area contributed by atoms with Crippen LogP contribution in [0.3, 0.4) is 0 Å². The van der Waals surface area contributed by atoms with Crippen molar-refractivity contribution >= 4 is 0 Å². The van der Waals surface area contributed by atoms with Gasteiger partial charge < -0.3 is 10.6 Å². The molecule has 1 heterocycles. The Morgan fingerprint density at radius 3 is 2.45 bits per heavy atom. The summed E-state index contributed by atoms with van der Waals surface area (Å²) in [5.74, 6) is 1.44. The van der Waals surface area contributed by atoms with Crippen LogP contribution in [0.25, 0.3) is 0 Å². The van der Waals surface area contributed by atoms with Crippen molar-refractivity contribution < 1.29 is 0 Å². The van der Waals surface area contributed by atoms with Crippen LogP contribution in [0.1, 0.15) is 47.5 Å². The second kappa shape index (κ2) is 6.33. The number of nitrogens with zero attached hydrogens (tertiary/aromatic N) is 2. The van der Waals surface area contributed by atoms with Crippen LogP contribution >= 0.6 is 0 Å². The second-order valence-corrected chi connectivity index (χ2v) is 7.79. The molecule has 4 atom stereocenters. The Balaban J connectivity index is 1.93. The predicted molar refractivity (Wildman–Crippen MR) is 86.8 cm³/mol. The van der Waals surface area contributed by atoms with E-state index in [1.807, 2.05) is 0 Å². The van der Waals surface area contributed by atoms with Gasteiger partial charge in [-0.3, -0.25) is 4.90 Å². The molecule has 4 unspecified atom stereocenters. The Hall–Kier alpha value is -0.120. The molecule has 0 aromatic heterocycles. The SMILES string of the molecule is CCN1CCN(CC2CCC(N)C(C)C2(C)C)CC1C. The zero-order valence-electron chi connectivity index (χ0n) is 14.2. The third-order valence-electron chi connectivity index (χ3n) is 6.45. The third-order valence-corrected chi connectivity index (χ3v) is 6.45.